The predicted molar refractivity (Wildman–Crippen MR) is 87.5 cm³/mol. The molecule has 5 heteroatoms. The molecule has 0 aliphatic rings. The Morgan fingerprint density at radius 3 is 2.43 bits per heavy atom. The van der Waals surface area contributed by atoms with E-state index in [9.17, 15) is 9.59 Å². The molecule has 23 heavy (non-hydrogen) atoms. The third-order valence-electron chi connectivity index (χ3n) is 2.87. The molecule has 5 nitrogen and oxygen atoms in total. The topological polar surface area (TPSA) is 65.5 Å². The van der Waals surface area contributed by atoms with Gasteiger partial charge in [0.1, 0.15) is 5.60 Å². The molecule has 0 amide bonds. The van der Waals surface area contributed by atoms with E-state index in [1.165, 1.54) is 12.1 Å². The zero-order valence-electron chi connectivity index (χ0n) is 13.6. The first-order valence-corrected chi connectivity index (χ1v) is 7.23. The number of aromatic nitrogens is 1. The standard InChI is InChI=1S/C18H19NO4/c1-12-10-14(8-9-19-12)13-6-5-7-15(20)16(11-13)22-17(21)23-18(2,3)4/h5-11H,1-4H3. The molecule has 0 spiro atoms. The van der Waals surface area contributed by atoms with Crippen LogP contribution in [0.2, 0.25) is 0 Å². The molecule has 1 aromatic carbocycles. The maximum atomic E-state index is 12.0. The summed E-state index contributed by atoms with van der Waals surface area (Å²) in [6.45, 7) is 7.05. The summed E-state index contributed by atoms with van der Waals surface area (Å²) >= 11 is 0. The Labute approximate surface area is 134 Å². The van der Waals surface area contributed by atoms with E-state index in [4.69, 9.17) is 9.47 Å². The van der Waals surface area contributed by atoms with E-state index in [0.717, 1.165) is 16.8 Å². The molecule has 120 valence electrons. The van der Waals surface area contributed by atoms with E-state index in [0.29, 0.717) is 0 Å². The summed E-state index contributed by atoms with van der Waals surface area (Å²) in [4.78, 5) is 28.0. The number of carbonyl (C=O) groups is 1. The lowest BCUT2D eigenvalue weighted by Gasteiger charge is -2.18. The number of nitrogens with zero attached hydrogens (tertiary/aromatic N) is 1. The van der Waals surface area contributed by atoms with Crippen LogP contribution in [0.3, 0.4) is 0 Å². The molecule has 0 bridgehead atoms. The first-order chi connectivity index (χ1) is 10.7. The summed E-state index contributed by atoms with van der Waals surface area (Å²) in [6.07, 6.45) is 0.780. The maximum Gasteiger partial charge on any atom is 0.514 e. The van der Waals surface area contributed by atoms with E-state index in [1.54, 1.807) is 39.1 Å². The SMILES string of the molecule is Cc1cc(-c2cccc(=O)c(OC(=O)OC(C)(C)C)c2)ccn1. The highest BCUT2D eigenvalue weighted by molar-refractivity contribution is 5.68. The Hall–Kier alpha value is -2.69. The van der Waals surface area contributed by atoms with Gasteiger partial charge in [0.25, 0.3) is 0 Å². The van der Waals surface area contributed by atoms with Gasteiger partial charge < -0.3 is 9.47 Å². The largest absolute Gasteiger partial charge is 0.514 e. The quantitative estimate of drug-likeness (QED) is 0.790. The van der Waals surface area contributed by atoms with Crippen LogP contribution in [0.1, 0.15) is 26.5 Å². The van der Waals surface area contributed by atoms with Crippen LogP contribution in [-0.2, 0) is 4.74 Å². The van der Waals surface area contributed by atoms with Crippen LogP contribution in [-0.4, -0.2) is 16.7 Å². The zero-order chi connectivity index (χ0) is 17.0. The molecule has 0 unspecified atom stereocenters. The molecular weight excluding hydrogens is 294 g/mol. The van der Waals surface area contributed by atoms with E-state index in [2.05, 4.69) is 4.98 Å². The number of carbonyl (C=O) groups excluding carboxylic acids is 1. The third-order valence-corrected chi connectivity index (χ3v) is 2.87. The lowest BCUT2D eigenvalue weighted by atomic mass is 10.1. The normalized spacial score (nSPS) is 11.0. The monoisotopic (exact) mass is 313 g/mol. The highest BCUT2D eigenvalue weighted by atomic mass is 16.7. The van der Waals surface area contributed by atoms with Crippen LogP contribution >= 0.6 is 0 Å². The Morgan fingerprint density at radius 1 is 1.09 bits per heavy atom. The van der Waals surface area contributed by atoms with Crippen molar-refractivity contribution in [1.82, 2.24) is 4.98 Å². The molecule has 0 atom stereocenters. The lowest BCUT2D eigenvalue weighted by Crippen LogP contribution is -2.26. The molecule has 0 aliphatic heterocycles. The average Bonchev–Trinajstić information content (AvgIpc) is 2.59. The number of ether oxygens (including phenoxy) is 2. The molecule has 1 aromatic heterocycles. The first-order valence-electron chi connectivity index (χ1n) is 7.23. The molecule has 0 saturated carbocycles. The molecule has 2 aromatic rings. The fraction of sp³-hybridized carbons (Fsp3) is 0.278. The van der Waals surface area contributed by atoms with Crippen LogP contribution in [0.15, 0.2) is 47.4 Å². The molecule has 0 aliphatic carbocycles. The van der Waals surface area contributed by atoms with Gasteiger partial charge in [-0.3, -0.25) is 9.78 Å². The minimum atomic E-state index is -0.905. The number of pyridine rings is 1. The Kier molecular flexibility index (Phi) is 4.79. The number of rotatable bonds is 2. The van der Waals surface area contributed by atoms with Crippen molar-refractivity contribution in [3.63, 3.8) is 0 Å². The fourth-order valence-corrected chi connectivity index (χ4v) is 1.93. The number of hydrogen-bond donors (Lipinski definition) is 0. The van der Waals surface area contributed by atoms with Crippen LogP contribution < -0.4 is 10.2 Å². The second kappa shape index (κ2) is 6.60. The molecule has 0 N–H and O–H groups in total. The van der Waals surface area contributed by atoms with Crippen molar-refractivity contribution in [1.29, 1.82) is 0 Å². The van der Waals surface area contributed by atoms with Crippen molar-refractivity contribution in [3.8, 4) is 16.9 Å². The van der Waals surface area contributed by atoms with Gasteiger partial charge in [-0.05, 0) is 63.1 Å². The smallest absolute Gasteiger partial charge is 0.428 e. The van der Waals surface area contributed by atoms with Gasteiger partial charge in [-0.1, -0.05) is 12.1 Å². The van der Waals surface area contributed by atoms with Gasteiger partial charge in [0.2, 0.25) is 5.43 Å². The first kappa shape index (κ1) is 16.7. The highest BCUT2D eigenvalue weighted by Crippen LogP contribution is 2.21. The highest BCUT2D eigenvalue weighted by Gasteiger charge is 2.19. The van der Waals surface area contributed by atoms with Gasteiger partial charge in [-0.25, -0.2) is 4.79 Å². The molecule has 2 rings (SSSR count). The maximum absolute atomic E-state index is 12.0. The molecule has 0 radical (unpaired) electrons. The molecule has 1 heterocycles. The van der Waals surface area contributed by atoms with Crippen LogP contribution in [0, 0.1) is 6.92 Å². The molecule has 0 saturated heterocycles. The number of hydrogen-bond acceptors (Lipinski definition) is 5. The van der Waals surface area contributed by atoms with Crippen molar-refractivity contribution >= 4 is 6.16 Å². The van der Waals surface area contributed by atoms with Gasteiger partial charge in [0.05, 0.1) is 0 Å². The van der Waals surface area contributed by atoms with Gasteiger partial charge >= 0.3 is 6.16 Å². The summed E-state index contributed by atoms with van der Waals surface area (Å²) in [5, 5.41) is 0. The van der Waals surface area contributed by atoms with Gasteiger partial charge in [0, 0.05) is 11.9 Å². The van der Waals surface area contributed by atoms with Crippen molar-refractivity contribution in [2.45, 2.75) is 33.3 Å². The van der Waals surface area contributed by atoms with Crippen molar-refractivity contribution < 1.29 is 14.3 Å². The van der Waals surface area contributed by atoms with Crippen LogP contribution in [0.4, 0.5) is 4.79 Å². The van der Waals surface area contributed by atoms with Crippen LogP contribution in [0.25, 0.3) is 11.1 Å². The lowest BCUT2D eigenvalue weighted by molar-refractivity contribution is 0.0204. The average molecular weight is 313 g/mol. The third kappa shape index (κ3) is 4.92. The second-order valence-corrected chi connectivity index (χ2v) is 6.11. The predicted octanol–water partition coefficient (Wildman–Crippen LogP) is 3.73. The van der Waals surface area contributed by atoms with Gasteiger partial charge in [0.15, 0.2) is 5.75 Å². The van der Waals surface area contributed by atoms with Gasteiger partial charge in [-0.2, -0.15) is 0 Å². The molecule has 0 fully saturated rings. The minimum absolute atomic E-state index is 0.0753. The summed E-state index contributed by atoms with van der Waals surface area (Å²) in [6, 6.07) is 9.98. The van der Waals surface area contributed by atoms with E-state index in [-0.39, 0.29) is 5.75 Å². The van der Waals surface area contributed by atoms with Crippen molar-refractivity contribution in [3.05, 3.63) is 58.5 Å². The van der Waals surface area contributed by atoms with Gasteiger partial charge in [-0.15, -0.1) is 0 Å². The second-order valence-electron chi connectivity index (χ2n) is 6.11. The Bertz CT molecular complexity index is 778. The summed E-state index contributed by atoms with van der Waals surface area (Å²) in [5.41, 5.74) is 1.39. The van der Waals surface area contributed by atoms with Crippen LogP contribution in [0.5, 0.6) is 5.75 Å². The minimum Gasteiger partial charge on any atom is -0.428 e. The summed E-state index contributed by atoms with van der Waals surface area (Å²) < 4.78 is 10.2. The Morgan fingerprint density at radius 2 is 1.78 bits per heavy atom. The van der Waals surface area contributed by atoms with Crippen molar-refractivity contribution in [2.24, 2.45) is 0 Å². The zero-order valence-corrected chi connectivity index (χ0v) is 13.6. The summed E-state index contributed by atoms with van der Waals surface area (Å²) in [7, 11) is 0. The Balaban J connectivity index is 2.37. The van der Waals surface area contributed by atoms with E-state index >= 15 is 0 Å². The number of aryl methyl sites for hydroxylation is 1. The fourth-order valence-electron chi connectivity index (χ4n) is 1.93. The summed E-state index contributed by atoms with van der Waals surface area (Å²) in [5.74, 6) is -0.0753. The van der Waals surface area contributed by atoms with E-state index in [1.807, 2.05) is 19.1 Å². The van der Waals surface area contributed by atoms with E-state index < -0.39 is 17.2 Å². The molecular formula is C18H19NO4. The van der Waals surface area contributed by atoms with Crippen molar-refractivity contribution in [2.75, 3.05) is 0 Å².